The van der Waals surface area contributed by atoms with Crippen molar-refractivity contribution in [2.45, 2.75) is 77.3 Å². The number of ether oxygens (including phenoxy) is 2. The molecule has 4 aliphatic rings. The van der Waals surface area contributed by atoms with Crippen molar-refractivity contribution in [3.63, 3.8) is 0 Å². The zero-order valence-electron chi connectivity index (χ0n) is 19.6. The van der Waals surface area contributed by atoms with Gasteiger partial charge in [-0.3, -0.25) is 4.79 Å². The van der Waals surface area contributed by atoms with Gasteiger partial charge in [0, 0.05) is 0 Å². The van der Waals surface area contributed by atoms with Crippen molar-refractivity contribution in [3.8, 4) is 0 Å². The van der Waals surface area contributed by atoms with Gasteiger partial charge in [-0.05, 0) is 74.0 Å². The highest BCUT2D eigenvalue weighted by Crippen LogP contribution is 2.64. The molecular formula is C27H34O5. The van der Waals surface area contributed by atoms with Gasteiger partial charge in [0.1, 0.15) is 11.7 Å². The molecule has 172 valence electrons. The van der Waals surface area contributed by atoms with Gasteiger partial charge in [0.05, 0.1) is 23.2 Å². The van der Waals surface area contributed by atoms with Gasteiger partial charge < -0.3 is 14.6 Å². The van der Waals surface area contributed by atoms with Crippen LogP contribution in [0.4, 0.5) is 0 Å². The van der Waals surface area contributed by atoms with E-state index in [-0.39, 0.29) is 29.6 Å². The molecule has 3 fully saturated rings. The first-order chi connectivity index (χ1) is 15.0. The van der Waals surface area contributed by atoms with Gasteiger partial charge in [-0.2, -0.15) is 0 Å². The number of allylic oxidation sites excluding steroid dienone is 1. The van der Waals surface area contributed by atoms with Crippen LogP contribution >= 0.6 is 0 Å². The van der Waals surface area contributed by atoms with Gasteiger partial charge in [0.15, 0.2) is 5.78 Å². The van der Waals surface area contributed by atoms with Crippen molar-refractivity contribution in [1.82, 2.24) is 0 Å². The number of aliphatic hydroxyl groups is 1. The largest absolute Gasteiger partial charge is 0.458 e. The molecule has 1 saturated heterocycles. The molecule has 0 unspecified atom stereocenters. The van der Waals surface area contributed by atoms with E-state index < -0.39 is 29.2 Å². The van der Waals surface area contributed by atoms with Crippen LogP contribution in [0.3, 0.4) is 0 Å². The van der Waals surface area contributed by atoms with Gasteiger partial charge in [-0.25, -0.2) is 4.79 Å². The van der Waals surface area contributed by atoms with Gasteiger partial charge in [-0.1, -0.05) is 45.0 Å². The summed E-state index contributed by atoms with van der Waals surface area (Å²) in [5, 5.41) is 11.9. The van der Waals surface area contributed by atoms with Crippen LogP contribution in [0.1, 0.15) is 64.2 Å². The van der Waals surface area contributed by atoms with E-state index in [1.807, 2.05) is 19.9 Å². The van der Waals surface area contributed by atoms with E-state index in [2.05, 4.69) is 26.8 Å². The topological polar surface area (TPSA) is 76.1 Å². The number of rotatable bonds is 2. The molecule has 2 saturated carbocycles. The Morgan fingerprint density at radius 3 is 2.56 bits per heavy atom. The average Bonchev–Trinajstić information content (AvgIpc) is 3.52. The number of carbonyl (C=O) groups excluding carboxylic acids is 2. The summed E-state index contributed by atoms with van der Waals surface area (Å²) in [5.74, 6) is -0.535. The fraction of sp³-hybridized carbons (Fsp3) is 0.630. The highest BCUT2D eigenvalue weighted by Gasteiger charge is 2.70. The summed E-state index contributed by atoms with van der Waals surface area (Å²) in [7, 11) is 0. The smallest absolute Gasteiger partial charge is 0.338 e. The number of fused-ring (bicyclic) bond motifs is 4. The number of hydrogen-bond acceptors (Lipinski definition) is 5. The summed E-state index contributed by atoms with van der Waals surface area (Å²) >= 11 is 0. The number of benzene rings is 1. The van der Waals surface area contributed by atoms with E-state index in [9.17, 15) is 14.7 Å². The number of Topliss-reactive ketones (excluding diaryl/α,β-unsaturated/α-hetero) is 1. The molecule has 1 aliphatic heterocycles. The Bertz CT molecular complexity index is 981. The number of hydrogen-bond donors (Lipinski definition) is 1. The normalized spacial score (nSPS) is 45.9. The summed E-state index contributed by atoms with van der Waals surface area (Å²) in [6.07, 6.45) is 3.36. The Morgan fingerprint density at radius 1 is 1.19 bits per heavy atom. The quantitative estimate of drug-likeness (QED) is 0.549. The molecule has 0 aromatic heterocycles. The van der Waals surface area contributed by atoms with E-state index in [4.69, 9.17) is 9.47 Å². The maximum absolute atomic E-state index is 13.7. The van der Waals surface area contributed by atoms with Crippen LogP contribution in [0, 0.1) is 29.1 Å². The Balaban J connectivity index is 1.50. The molecule has 5 nitrogen and oxygen atoms in total. The van der Waals surface area contributed by atoms with Gasteiger partial charge in [0.2, 0.25) is 0 Å². The monoisotopic (exact) mass is 438 g/mol. The van der Waals surface area contributed by atoms with E-state index in [0.29, 0.717) is 23.0 Å². The predicted octanol–water partition coefficient (Wildman–Crippen LogP) is 4.34. The van der Waals surface area contributed by atoms with Gasteiger partial charge >= 0.3 is 5.97 Å². The first-order valence-electron chi connectivity index (χ1n) is 11.9. The van der Waals surface area contributed by atoms with Crippen molar-refractivity contribution in [2.75, 3.05) is 0 Å². The lowest BCUT2D eigenvalue weighted by atomic mass is 9.77. The highest BCUT2D eigenvalue weighted by molar-refractivity contribution is 6.02. The SMILES string of the molecule is C/C1=C/[C@H]2[C@H](CC[C@@]3(C)O[C@@H]3[C@H]3[C@@H](OC(=O)c4ccccc4)[C@@H](C)C[C@]3(O)C1=O)C2(C)C. The molecule has 3 aliphatic carbocycles. The van der Waals surface area contributed by atoms with Crippen LogP contribution in [0.2, 0.25) is 0 Å². The minimum atomic E-state index is -1.59. The molecule has 0 spiro atoms. The molecule has 5 heteroatoms. The highest BCUT2D eigenvalue weighted by atomic mass is 16.6. The molecular weight excluding hydrogens is 404 g/mol. The maximum Gasteiger partial charge on any atom is 0.338 e. The van der Waals surface area contributed by atoms with Crippen LogP contribution < -0.4 is 0 Å². The van der Waals surface area contributed by atoms with Gasteiger partial charge in [0.25, 0.3) is 0 Å². The molecule has 1 heterocycles. The summed E-state index contributed by atoms with van der Waals surface area (Å²) in [5.41, 5.74) is -0.745. The van der Waals surface area contributed by atoms with E-state index in [0.717, 1.165) is 12.8 Å². The molecule has 32 heavy (non-hydrogen) atoms. The lowest BCUT2D eigenvalue weighted by Gasteiger charge is -2.31. The second-order valence-corrected chi connectivity index (χ2v) is 11.4. The summed E-state index contributed by atoms with van der Waals surface area (Å²) in [6, 6.07) is 8.87. The van der Waals surface area contributed by atoms with Crippen LogP contribution in [-0.2, 0) is 14.3 Å². The van der Waals surface area contributed by atoms with E-state index in [1.165, 1.54) is 0 Å². The zero-order valence-corrected chi connectivity index (χ0v) is 19.6. The summed E-state index contributed by atoms with van der Waals surface area (Å²) in [4.78, 5) is 26.5. The molecule has 1 aromatic carbocycles. The first-order valence-corrected chi connectivity index (χ1v) is 11.9. The van der Waals surface area contributed by atoms with Gasteiger partial charge in [-0.15, -0.1) is 0 Å². The van der Waals surface area contributed by atoms with Crippen LogP contribution in [0.5, 0.6) is 0 Å². The zero-order chi connectivity index (χ0) is 23.1. The Morgan fingerprint density at radius 2 is 1.88 bits per heavy atom. The molecule has 0 amide bonds. The number of carbonyl (C=O) groups is 2. The maximum atomic E-state index is 13.7. The average molecular weight is 439 g/mol. The minimum absolute atomic E-state index is 0.157. The lowest BCUT2D eigenvalue weighted by Crippen LogP contribution is -2.49. The van der Waals surface area contributed by atoms with Crippen molar-refractivity contribution in [2.24, 2.45) is 29.1 Å². The second-order valence-electron chi connectivity index (χ2n) is 11.4. The second kappa shape index (κ2) is 7.01. The standard InChI is InChI=1S/C27H34O5/c1-15-13-19-18(25(19,3)4)11-12-26(5)23(32-26)20-21(16(2)14-27(20,30)22(15)28)31-24(29)17-9-7-6-8-10-17/h6-10,13,16,18-21,23,30H,11-12,14H2,1-5H3/b15-13-/t16-,18-,19-,20+,21-,23+,26+,27+/m0/s1. The fourth-order valence-electron chi connectivity index (χ4n) is 6.70. The minimum Gasteiger partial charge on any atom is -0.458 e. The van der Waals surface area contributed by atoms with Crippen molar-refractivity contribution in [1.29, 1.82) is 0 Å². The van der Waals surface area contributed by atoms with Crippen LogP contribution in [0.15, 0.2) is 42.0 Å². The third kappa shape index (κ3) is 3.19. The van der Waals surface area contributed by atoms with Crippen LogP contribution in [0.25, 0.3) is 0 Å². The fourth-order valence-corrected chi connectivity index (χ4v) is 6.70. The first kappa shape index (κ1) is 21.8. The molecule has 5 rings (SSSR count). The Labute approximate surface area is 190 Å². The molecule has 8 atom stereocenters. The lowest BCUT2D eigenvalue weighted by molar-refractivity contribution is -0.140. The molecule has 1 aromatic rings. The number of epoxide rings is 1. The molecule has 0 bridgehead atoms. The third-order valence-corrected chi connectivity index (χ3v) is 8.89. The molecule has 1 N–H and O–H groups in total. The number of esters is 1. The van der Waals surface area contributed by atoms with Crippen molar-refractivity contribution < 1.29 is 24.2 Å². The van der Waals surface area contributed by atoms with Crippen molar-refractivity contribution >= 4 is 11.8 Å². The third-order valence-electron chi connectivity index (χ3n) is 8.89. The summed E-state index contributed by atoms with van der Waals surface area (Å²) in [6.45, 7) is 10.4. The Kier molecular flexibility index (Phi) is 4.78. The predicted molar refractivity (Wildman–Crippen MR) is 120 cm³/mol. The van der Waals surface area contributed by atoms with Crippen LogP contribution in [-0.4, -0.2) is 40.3 Å². The summed E-state index contributed by atoms with van der Waals surface area (Å²) < 4.78 is 12.2. The number of ketones is 1. The van der Waals surface area contributed by atoms with E-state index >= 15 is 0 Å². The molecule has 0 radical (unpaired) electrons. The van der Waals surface area contributed by atoms with E-state index in [1.54, 1.807) is 24.3 Å². The van der Waals surface area contributed by atoms with Crippen molar-refractivity contribution in [3.05, 3.63) is 47.5 Å². The Hall–Kier alpha value is -1.98.